The van der Waals surface area contributed by atoms with Crippen molar-refractivity contribution >= 4 is 29.7 Å². The van der Waals surface area contributed by atoms with Crippen LogP contribution in [0.3, 0.4) is 0 Å². The van der Waals surface area contributed by atoms with E-state index in [0.29, 0.717) is 0 Å². The van der Waals surface area contributed by atoms with E-state index >= 15 is 0 Å². The van der Waals surface area contributed by atoms with Crippen LogP contribution in [0.2, 0.25) is 0 Å². The summed E-state index contributed by atoms with van der Waals surface area (Å²) < 4.78 is 57.0. The third kappa shape index (κ3) is 5.27. The molecule has 1 N–H and O–H groups in total. The summed E-state index contributed by atoms with van der Waals surface area (Å²) in [5.41, 5.74) is 0.403. The zero-order valence-corrected chi connectivity index (χ0v) is 15.4. The van der Waals surface area contributed by atoms with Gasteiger partial charge >= 0.3 is 12.3 Å². The predicted molar refractivity (Wildman–Crippen MR) is 96.2 cm³/mol. The van der Waals surface area contributed by atoms with Crippen molar-refractivity contribution in [1.29, 1.82) is 0 Å². The lowest BCUT2D eigenvalue weighted by Crippen LogP contribution is -2.42. The van der Waals surface area contributed by atoms with E-state index in [9.17, 15) is 27.2 Å². The van der Waals surface area contributed by atoms with Crippen molar-refractivity contribution in [2.24, 2.45) is 5.10 Å². The summed E-state index contributed by atoms with van der Waals surface area (Å²) >= 11 is 0. The Balaban J connectivity index is 1.66. The second-order valence-corrected chi connectivity index (χ2v) is 6.62. The van der Waals surface area contributed by atoms with Crippen LogP contribution in [-0.4, -0.2) is 68.4 Å². The number of benzene rings is 1. The molecule has 1 saturated heterocycles. The van der Waals surface area contributed by atoms with Gasteiger partial charge in [0.05, 0.1) is 31.0 Å². The van der Waals surface area contributed by atoms with E-state index in [2.05, 4.69) is 10.4 Å². The Hall–Kier alpha value is -3.05. The molecule has 3 rings (SSSR count). The first kappa shape index (κ1) is 20.7. The van der Waals surface area contributed by atoms with Crippen molar-refractivity contribution in [3.05, 3.63) is 24.0 Å². The Bertz CT molecular complexity index is 817. The monoisotopic (exact) mass is 417 g/mol. The number of amides is 2. The third-order valence-electron chi connectivity index (χ3n) is 4.32. The zero-order valence-electron chi connectivity index (χ0n) is 15.4. The molecule has 1 fully saturated rings. The number of anilines is 2. The molecule has 29 heavy (non-hydrogen) atoms. The number of ether oxygens (including phenoxy) is 1. The highest BCUT2D eigenvalue weighted by molar-refractivity contribution is 5.90. The van der Waals surface area contributed by atoms with Crippen LogP contribution >= 0.6 is 0 Å². The summed E-state index contributed by atoms with van der Waals surface area (Å²) in [4.78, 5) is 25.6. The minimum Gasteiger partial charge on any atom is -0.442 e. The van der Waals surface area contributed by atoms with Crippen molar-refractivity contribution < 1.29 is 31.9 Å². The number of alkyl halides is 3. The maximum absolute atomic E-state index is 14.6. The molecule has 2 amide bonds. The number of hydrazone groups is 1. The molecule has 2 aliphatic heterocycles. The van der Waals surface area contributed by atoms with Gasteiger partial charge in [0, 0.05) is 13.5 Å². The molecule has 0 saturated carbocycles. The van der Waals surface area contributed by atoms with E-state index in [4.69, 9.17) is 4.74 Å². The van der Waals surface area contributed by atoms with E-state index in [1.165, 1.54) is 28.9 Å². The number of halogens is 4. The Labute approximate surface area is 163 Å². The van der Waals surface area contributed by atoms with Gasteiger partial charge in [0.15, 0.2) is 0 Å². The highest BCUT2D eigenvalue weighted by Gasteiger charge is 2.34. The molecule has 1 aromatic rings. The Morgan fingerprint density at radius 3 is 2.69 bits per heavy atom. The summed E-state index contributed by atoms with van der Waals surface area (Å²) in [5, 5.41) is 7.11. The van der Waals surface area contributed by atoms with Gasteiger partial charge < -0.3 is 15.0 Å². The summed E-state index contributed by atoms with van der Waals surface area (Å²) in [6, 6.07) is 4.08. The summed E-state index contributed by atoms with van der Waals surface area (Å²) in [5.74, 6) is -0.914. The molecule has 0 aromatic heterocycles. The molecule has 0 aliphatic carbocycles. The lowest BCUT2D eigenvalue weighted by Gasteiger charge is -2.30. The van der Waals surface area contributed by atoms with E-state index < -0.39 is 30.7 Å². The molecule has 12 heteroatoms. The van der Waals surface area contributed by atoms with Crippen LogP contribution < -0.4 is 15.1 Å². The molecule has 2 heterocycles. The number of nitrogens with zero attached hydrogens (tertiary/aromatic N) is 4. The Morgan fingerprint density at radius 1 is 1.34 bits per heavy atom. The number of hydrogen-bond donors (Lipinski definition) is 1. The van der Waals surface area contributed by atoms with E-state index in [0.717, 1.165) is 17.4 Å². The number of hydrogen-bond acceptors (Lipinski definition) is 6. The highest BCUT2D eigenvalue weighted by Crippen LogP contribution is 2.28. The van der Waals surface area contributed by atoms with Crippen molar-refractivity contribution in [2.75, 3.05) is 42.5 Å². The van der Waals surface area contributed by atoms with Crippen LogP contribution in [-0.2, 0) is 9.53 Å². The van der Waals surface area contributed by atoms with E-state index in [1.54, 1.807) is 0 Å². The van der Waals surface area contributed by atoms with Gasteiger partial charge in [-0.15, -0.1) is 0 Å². The van der Waals surface area contributed by atoms with Crippen LogP contribution in [0, 0.1) is 5.82 Å². The topological polar surface area (TPSA) is 77.5 Å². The molecular weight excluding hydrogens is 398 g/mol. The first-order valence-corrected chi connectivity index (χ1v) is 8.77. The molecule has 1 atom stereocenters. The minimum absolute atomic E-state index is 0.0134. The minimum atomic E-state index is -4.37. The maximum atomic E-state index is 14.6. The molecule has 1 aromatic carbocycles. The Kier molecular flexibility index (Phi) is 5.80. The quantitative estimate of drug-likeness (QED) is 0.741. The van der Waals surface area contributed by atoms with Crippen LogP contribution in [0.1, 0.15) is 6.92 Å². The number of nitrogens with one attached hydrogen (secondary N) is 1. The molecule has 158 valence electrons. The van der Waals surface area contributed by atoms with Crippen LogP contribution in [0.25, 0.3) is 0 Å². The van der Waals surface area contributed by atoms with Gasteiger partial charge in [0.1, 0.15) is 24.8 Å². The van der Waals surface area contributed by atoms with Gasteiger partial charge in [-0.25, -0.2) is 9.18 Å². The molecule has 0 unspecified atom stereocenters. The summed E-state index contributed by atoms with van der Waals surface area (Å²) in [6.45, 7) is 0.581. The fraction of sp³-hybridized carbons (Fsp3) is 0.471. The van der Waals surface area contributed by atoms with Gasteiger partial charge in [-0.2, -0.15) is 18.3 Å². The van der Waals surface area contributed by atoms with Gasteiger partial charge in [0.25, 0.3) is 0 Å². The predicted octanol–water partition coefficient (Wildman–Crippen LogP) is 1.91. The highest BCUT2D eigenvalue weighted by atomic mass is 19.4. The van der Waals surface area contributed by atoms with Crippen LogP contribution in [0.5, 0.6) is 0 Å². The van der Waals surface area contributed by atoms with Crippen LogP contribution in [0.4, 0.5) is 33.7 Å². The first-order chi connectivity index (χ1) is 13.6. The molecule has 2 aliphatic rings. The molecular formula is C17H19F4N5O3. The smallest absolute Gasteiger partial charge is 0.414 e. The SMILES string of the molecule is CC(=O)NC[C@H]1CN(c2ccc(N3C=NN(CC(F)(F)F)CC3)c(F)c2)C(=O)O1. The van der Waals surface area contributed by atoms with Crippen molar-refractivity contribution in [2.45, 2.75) is 19.2 Å². The average Bonchev–Trinajstić information content (AvgIpc) is 3.00. The largest absolute Gasteiger partial charge is 0.442 e. The zero-order chi connectivity index (χ0) is 21.2. The standard InChI is InChI=1S/C17H19F4N5O3/c1-11(27)22-7-13-8-26(16(28)29-13)12-2-3-15(14(18)6-12)24-4-5-25(23-10-24)9-17(19,20)21/h2-3,6,10,13H,4-5,7-9H2,1H3,(H,22,27)/t13-/m0/s1. The van der Waals surface area contributed by atoms with Crippen LogP contribution in [0.15, 0.2) is 23.3 Å². The van der Waals surface area contributed by atoms with Gasteiger partial charge in [0.2, 0.25) is 5.91 Å². The van der Waals surface area contributed by atoms with Crippen molar-refractivity contribution in [3.8, 4) is 0 Å². The first-order valence-electron chi connectivity index (χ1n) is 8.77. The lowest BCUT2D eigenvalue weighted by atomic mass is 10.2. The fourth-order valence-electron chi connectivity index (χ4n) is 2.98. The molecule has 0 radical (unpaired) electrons. The second kappa shape index (κ2) is 8.13. The third-order valence-corrected chi connectivity index (χ3v) is 4.32. The molecule has 0 spiro atoms. The normalized spacial score (nSPS) is 19.6. The maximum Gasteiger partial charge on any atom is 0.414 e. The Morgan fingerprint density at radius 2 is 2.10 bits per heavy atom. The summed E-state index contributed by atoms with van der Waals surface area (Å²) in [7, 11) is 0. The summed E-state index contributed by atoms with van der Waals surface area (Å²) in [6.07, 6.45) is -4.44. The average molecular weight is 417 g/mol. The van der Waals surface area contributed by atoms with Crippen molar-refractivity contribution in [3.63, 3.8) is 0 Å². The number of carbonyl (C=O) groups is 2. The van der Waals surface area contributed by atoms with E-state index in [1.807, 2.05) is 0 Å². The van der Waals surface area contributed by atoms with Gasteiger partial charge in [-0.05, 0) is 18.2 Å². The number of rotatable bonds is 5. The molecule has 0 bridgehead atoms. The molecule has 8 nitrogen and oxygen atoms in total. The van der Waals surface area contributed by atoms with Gasteiger partial charge in [-0.1, -0.05) is 0 Å². The second-order valence-electron chi connectivity index (χ2n) is 6.62. The fourth-order valence-corrected chi connectivity index (χ4v) is 2.98. The van der Waals surface area contributed by atoms with E-state index in [-0.39, 0.29) is 43.5 Å². The number of cyclic esters (lactones) is 1. The van der Waals surface area contributed by atoms with Gasteiger partial charge in [-0.3, -0.25) is 14.7 Å². The lowest BCUT2D eigenvalue weighted by molar-refractivity contribution is -0.145. The van der Waals surface area contributed by atoms with Crippen molar-refractivity contribution in [1.82, 2.24) is 10.3 Å². The number of carbonyl (C=O) groups excluding carboxylic acids is 2.